The van der Waals surface area contributed by atoms with E-state index in [4.69, 9.17) is 5.73 Å². The van der Waals surface area contributed by atoms with Gasteiger partial charge in [0.1, 0.15) is 6.04 Å². The molecule has 0 saturated carbocycles. The number of nitrogens with two attached hydrogens (primary N) is 1. The van der Waals surface area contributed by atoms with Crippen molar-refractivity contribution in [3.05, 3.63) is 23.8 Å². The van der Waals surface area contributed by atoms with Gasteiger partial charge in [-0.05, 0) is 25.1 Å². The maximum atomic E-state index is 12.7. The third-order valence-corrected chi connectivity index (χ3v) is 2.24. The number of ether oxygens (including phenoxy) is 1. The number of methoxy groups -OCH3 is 1. The lowest BCUT2D eigenvalue weighted by Gasteiger charge is -2.16. The summed E-state index contributed by atoms with van der Waals surface area (Å²) in [6.07, 6.45) is -2.66. The lowest BCUT2D eigenvalue weighted by atomic mass is 10.1. The van der Waals surface area contributed by atoms with Gasteiger partial charge in [0.2, 0.25) is 0 Å². The van der Waals surface area contributed by atoms with Gasteiger partial charge in [-0.25, -0.2) is 13.6 Å². The van der Waals surface area contributed by atoms with Gasteiger partial charge in [-0.3, -0.25) is 0 Å². The summed E-state index contributed by atoms with van der Waals surface area (Å²) in [4.78, 5) is 11.2. The number of esters is 1. The number of alkyl halides is 2. The number of rotatable bonds is 4. The second-order valence-corrected chi connectivity index (χ2v) is 3.54. The fourth-order valence-corrected chi connectivity index (χ4v) is 1.36. The molecule has 0 heterocycles. The molecule has 0 bridgehead atoms. The third-order valence-electron chi connectivity index (χ3n) is 2.24. The van der Waals surface area contributed by atoms with Crippen LogP contribution in [-0.4, -0.2) is 19.1 Å². The minimum atomic E-state index is -2.66. The summed E-state index contributed by atoms with van der Waals surface area (Å²) in [6, 6.07) is 3.37. The fourth-order valence-electron chi connectivity index (χ4n) is 1.36. The quantitative estimate of drug-likeness (QED) is 0.629. The largest absolute Gasteiger partial charge is 0.467 e. The second-order valence-electron chi connectivity index (χ2n) is 3.54. The monoisotopic (exact) mass is 244 g/mol. The van der Waals surface area contributed by atoms with Crippen LogP contribution in [0.2, 0.25) is 0 Å². The first kappa shape index (κ1) is 13.2. The molecule has 0 aliphatic carbocycles. The Labute approximate surface area is 97.8 Å². The Morgan fingerprint density at radius 3 is 2.65 bits per heavy atom. The second kappa shape index (κ2) is 5.47. The average molecular weight is 244 g/mol. The molecule has 0 spiro atoms. The first-order chi connectivity index (χ1) is 7.95. The van der Waals surface area contributed by atoms with E-state index in [1.54, 1.807) is 0 Å². The van der Waals surface area contributed by atoms with Gasteiger partial charge in [0.15, 0.2) is 0 Å². The Bertz CT molecular complexity index is 410. The highest BCUT2D eigenvalue weighted by Crippen LogP contribution is 2.29. The van der Waals surface area contributed by atoms with Gasteiger partial charge in [-0.15, -0.1) is 0 Å². The normalized spacial score (nSPS) is 12.3. The predicted molar refractivity (Wildman–Crippen MR) is 60.9 cm³/mol. The molecule has 0 amide bonds. The van der Waals surface area contributed by atoms with Crippen molar-refractivity contribution in [3.63, 3.8) is 0 Å². The fraction of sp³-hybridized carbons (Fsp3) is 0.364. The van der Waals surface area contributed by atoms with Crippen LogP contribution in [0, 0.1) is 0 Å². The van der Waals surface area contributed by atoms with E-state index in [9.17, 15) is 13.6 Å². The molecule has 6 heteroatoms. The summed E-state index contributed by atoms with van der Waals surface area (Å²) in [5.74, 6) is -0.526. The van der Waals surface area contributed by atoms with E-state index in [1.807, 2.05) is 0 Å². The predicted octanol–water partition coefficient (Wildman–Crippen LogP) is 2.18. The summed E-state index contributed by atoms with van der Waals surface area (Å²) < 4.78 is 30.0. The highest BCUT2D eigenvalue weighted by Gasteiger charge is 2.18. The van der Waals surface area contributed by atoms with Crippen LogP contribution in [0.4, 0.5) is 20.2 Å². The Hall–Kier alpha value is -1.85. The van der Waals surface area contributed by atoms with Crippen molar-refractivity contribution in [2.45, 2.75) is 19.4 Å². The molecule has 0 aliphatic rings. The molecular weight excluding hydrogens is 230 g/mol. The zero-order valence-electron chi connectivity index (χ0n) is 9.54. The molecule has 1 unspecified atom stereocenters. The van der Waals surface area contributed by atoms with Crippen molar-refractivity contribution in [1.29, 1.82) is 0 Å². The highest BCUT2D eigenvalue weighted by atomic mass is 19.3. The van der Waals surface area contributed by atoms with Crippen molar-refractivity contribution < 1.29 is 18.3 Å². The topological polar surface area (TPSA) is 64.3 Å². The first-order valence-electron chi connectivity index (χ1n) is 4.97. The van der Waals surface area contributed by atoms with Crippen LogP contribution < -0.4 is 11.1 Å². The standard InChI is InChI=1S/C11H14F2N2O2/c1-6(11(16)17-2)15-9-4-3-7(14)5-8(9)10(12)13/h3-6,10,15H,14H2,1-2H3. The molecule has 3 N–H and O–H groups in total. The van der Waals surface area contributed by atoms with Crippen molar-refractivity contribution >= 4 is 17.3 Å². The molecule has 4 nitrogen and oxygen atoms in total. The van der Waals surface area contributed by atoms with E-state index >= 15 is 0 Å². The van der Waals surface area contributed by atoms with Crippen LogP contribution in [0.3, 0.4) is 0 Å². The molecular formula is C11H14F2N2O2. The van der Waals surface area contributed by atoms with Gasteiger partial charge in [-0.1, -0.05) is 0 Å². The van der Waals surface area contributed by atoms with Crippen LogP contribution in [0.25, 0.3) is 0 Å². The molecule has 1 aromatic carbocycles. The molecule has 1 aromatic rings. The zero-order valence-corrected chi connectivity index (χ0v) is 9.54. The van der Waals surface area contributed by atoms with Gasteiger partial charge >= 0.3 is 5.97 Å². The molecule has 1 rings (SSSR count). The zero-order chi connectivity index (χ0) is 13.0. The summed E-state index contributed by atoms with van der Waals surface area (Å²) in [6.45, 7) is 1.53. The summed E-state index contributed by atoms with van der Waals surface area (Å²) in [5, 5.41) is 2.66. The molecule has 1 atom stereocenters. The van der Waals surface area contributed by atoms with Crippen LogP contribution in [0.5, 0.6) is 0 Å². The van der Waals surface area contributed by atoms with Crippen LogP contribution >= 0.6 is 0 Å². The maximum absolute atomic E-state index is 12.7. The van der Waals surface area contributed by atoms with Gasteiger partial charge in [-0.2, -0.15) is 0 Å². The van der Waals surface area contributed by atoms with Gasteiger partial charge < -0.3 is 15.8 Å². The Kier molecular flexibility index (Phi) is 4.25. The number of hydrogen-bond donors (Lipinski definition) is 2. The molecule has 94 valence electrons. The minimum Gasteiger partial charge on any atom is -0.467 e. The van der Waals surface area contributed by atoms with Crippen LogP contribution in [0.15, 0.2) is 18.2 Å². The minimum absolute atomic E-state index is 0.173. The molecule has 17 heavy (non-hydrogen) atoms. The summed E-state index contributed by atoms with van der Waals surface area (Å²) >= 11 is 0. The molecule has 0 saturated heterocycles. The molecule has 0 aromatic heterocycles. The SMILES string of the molecule is COC(=O)C(C)Nc1ccc(N)cc1C(F)F. The Balaban J connectivity index is 2.94. The number of hydrogen-bond acceptors (Lipinski definition) is 4. The van der Waals surface area contributed by atoms with E-state index in [0.717, 1.165) is 0 Å². The highest BCUT2D eigenvalue weighted by molar-refractivity contribution is 5.79. The first-order valence-corrected chi connectivity index (χ1v) is 4.97. The smallest absolute Gasteiger partial charge is 0.327 e. The Morgan fingerprint density at radius 2 is 2.12 bits per heavy atom. The van der Waals surface area contributed by atoms with E-state index in [1.165, 1.54) is 32.2 Å². The molecule has 0 radical (unpaired) electrons. The number of nitrogens with one attached hydrogen (secondary N) is 1. The number of carbonyl (C=O) groups is 1. The summed E-state index contributed by atoms with van der Waals surface area (Å²) in [7, 11) is 1.23. The van der Waals surface area contributed by atoms with E-state index < -0.39 is 18.4 Å². The molecule has 0 fully saturated rings. The van der Waals surface area contributed by atoms with Crippen molar-refractivity contribution in [3.8, 4) is 0 Å². The Morgan fingerprint density at radius 1 is 1.47 bits per heavy atom. The average Bonchev–Trinajstić information content (AvgIpc) is 2.29. The van der Waals surface area contributed by atoms with Crippen LogP contribution in [-0.2, 0) is 9.53 Å². The van der Waals surface area contributed by atoms with Gasteiger partial charge in [0.05, 0.1) is 7.11 Å². The maximum Gasteiger partial charge on any atom is 0.327 e. The number of benzene rings is 1. The van der Waals surface area contributed by atoms with Gasteiger partial charge in [0.25, 0.3) is 6.43 Å². The van der Waals surface area contributed by atoms with E-state index in [-0.39, 0.29) is 16.9 Å². The van der Waals surface area contributed by atoms with Crippen molar-refractivity contribution in [1.82, 2.24) is 0 Å². The lowest BCUT2D eigenvalue weighted by Crippen LogP contribution is -2.27. The van der Waals surface area contributed by atoms with Crippen LogP contribution in [0.1, 0.15) is 18.9 Å². The number of halogens is 2. The van der Waals surface area contributed by atoms with E-state index in [0.29, 0.717) is 0 Å². The van der Waals surface area contributed by atoms with Crippen molar-refractivity contribution in [2.24, 2.45) is 0 Å². The van der Waals surface area contributed by atoms with Crippen molar-refractivity contribution in [2.75, 3.05) is 18.2 Å². The van der Waals surface area contributed by atoms with E-state index in [2.05, 4.69) is 10.1 Å². The number of nitrogen functional groups attached to an aromatic ring is 1. The third kappa shape index (κ3) is 3.30. The lowest BCUT2D eigenvalue weighted by molar-refractivity contribution is -0.141. The van der Waals surface area contributed by atoms with Gasteiger partial charge in [0, 0.05) is 16.9 Å². The molecule has 0 aliphatic heterocycles. The number of anilines is 2. The summed E-state index contributed by atoms with van der Waals surface area (Å²) in [5.41, 5.74) is 5.61. The number of carbonyl (C=O) groups excluding carboxylic acids is 1.